The molecule has 0 aromatic carbocycles. The van der Waals surface area contributed by atoms with Gasteiger partial charge in [-0.15, -0.1) is 0 Å². The number of hydrogen-bond donors (Lipinski definition) is 1. The van der Waals surface area contributed by atoms with Gasteiger partial charge in [-0.25, -0.2) is 0 Å². The van der Waals surface area contributed by atoms with E-state index in [4.69, 9.17) is 0 Å². The largest absolute Gasteiger partial charge is 0.372 e. The normalized spacial score (nSPS) is 15.8. The lowest BCUT2D eigenvalue weighted by atomic mass is 10.1. The molecule has 0 aliphatic heterocycles. The van der Waals surface area contributed by atoms with E-state index in [1.54, 1.807) is 0 Å². The second kappa shape index (κ2) is 6.30. The third kappa shape index (κ3) is 3.52. The summed E-state index contributed by atoms with van der Waals surface area (Å²) in [5.41, 5.74) is 0. The Labute approximate surface area is 94.4 Å². The molecule has 0 saturated heterocycles. The predicted octanol–water partition coefficient (Wildman–Crippen LogP) is 1.63. The second-order valence-electron chi connectivity index (χ2n) is 3.44. The summed E-state index contributed by atoms with van der Waals surface area (Å²) in [5, 5.41) is 18.5. The van der Waals surface area contributed by atoms with Gasteiger partial charge in [0, 0.05) is 19.1 Å². The zero-order valence-corrected chi connectivity index (χ0v) is 10.6. The van der Waals surface area contributed by atoms with Gasteiger partial charge in [0.25, 0.3) is 0 Å². The molecule has 1 N–H and O–H groups in total. The van der Waals surface area contributed by atoms with Gasteiger partial charge in [0.05, 0.1) is 0 Å². The minimum Gasteiger partial charge on any atom is -0.372 e. The van der Waals surface area contributed by atoms with Crippen LogP contribution in [-0.4, -0.2) is 36.1 Å². The van der Waals surface area contributed by atoms with Gasteiger partial charge in [0.15, 0.2) is 0 Å². The van der Waals surface area contributed by atoms with Crippen LogP contribution in [0.5, 0.6) is 0 Å². The Hall–Kier alpha value is -0.490. The SMILES string of the molecule is CCCCC(O)(C[N+](=O)[O-])P(=O)(OC)OC. The van der Waals surface area contributed by atoms with Crippen LogP contribution in [-0.2, 0) is 13.6 Å². The smallest absolute Gasteiger partial charge is 0.368 e. The summed E-state index contributed by atoms with van der Waals surface area (Å²) in [6, 6.07) is 0. The molecule has 0 aliphatic carbocycles. The average molecular weight is 255 g/mol. The minimum atomic E-state index is -3.87. The van der Waals surface area contributed by atoms with Crippen molar-refractivity contribution in [1.29, 1.82) is 0 Å². The molecule has 0 radical (unpaired) electrons. The van der Waals surface area contributed by atoms with E-state index >= 15 is 0 Å². The molecular formula is C8H18NO6P. The highest BCUT2D eigenvalue weighted by atomic mass is 31.2. The van der Waals surface area contributed by atoms with E-state index in [0.29, 0.717) is 12.8 Å². The third-order valence-corrected chi connectivity index (χ3v) is 4.65. The quantitative estimate of drug-likeness (QED) is 0.402. The molecule has 1 atom stereocenters. The first-order chi connectivity index (χ1) is 7.35. The van der Waals surface area contributed by atoms with Gasteiger partial charge in [-0.05, 0) is 12.8 Å². The third-order valence-electron chi connectivity index (χ3n) is 2.30. The maximum atomic E-state index is 12.0. The molecule has 7 nitrogen and oxygen atoms in total. The van der Waals surface area contributed by atoms with Gasteiger partial charge in [0.2, 0.25) is 11.9 Å². The molecule has 0 rings (SSSR count). The fourth-order valence-electron chi connectivity index (χ4n) is 1.38. The van der Waals surface area contributed by atoms with Crippen LogP contribution in [0.25, 0.3) is 0 Å². The van der Waals surface area contributed by atoms with Crippen LogP contribution >= 0.6 is 7.60 Å². The van der Waals surface area contributed by atoms with Crippen LogP contribution in [0.4, 0.5) is 0 Å². The fraction of sp³-hybridized carbons (Fsp3) is 1.00. The average Bonchev–Trinajstić information content (AvgIpc) is 2.24. The summed E-state index contributed by atoms with van der Waals surface area (Å²) in [7, 11) is -1.68. The van der Waals surface area contributed by atoms with Crippen LogP contribution in [0.3, 0.4) is 0 Å². The minimum absolute atomic E-state index is 0.00341. The Bertz CT molecular complexity index is 276. The molecule has 16 heavy (non-hydrogen) atoms. The number of unbranched alkanes of at least 4 members (excludes halogenated alkanes) is 1. The van der Waals surface area contributed by atoms with Crippen LogP contribution in [0, 0.1) is 10.1 Å². The van der Waals surface area contributed by atoms with Gasteiger partial charge < -0.3 is 14.2 Å². The Morgan fingerprint density at radius 2 is 1.94 bits per heavy atom. The van der Waals surface area contributed by atoms with E-state index in [1.165, 1.54) is 0 Å². The molecule has 0 amide bonds. The zero-order chi connectivity index (χ0) is 12.8. The highest BCUT2D eigenvalue weighted by Crippen LogP contribution is 2.59. The van der Waals surface area contributed by atoms with Crippen LogP contribution < -0.4 is 0 Å². The van der Waals surface area contributed by atoms with Gasteiger partial charge in [-0.1, -0.05) is 13.3 Å². The molecule has 0 heterocycles. The highest BCUT2D eigenvalue weighted by molar-refractivity contribution is 7.55. The lowest BCUT2D eigenvalue weighted by molar-refractivity contribution is -0.495. The van der Waals surface area contributed by atoms with Crippen molar-refractivity contribution in [2.75, 3.05) is 20.8 Å². The van der Waals surface area contributed by atoms with E-state index in [9.17, 15) is 19.8 Å². The van der Waals surface area contributed by atoms with Crippen molar-refractivity contribution in [3.8, 4) is 0 Å². The lowest BCUT2D eigenvalue weighted by Crippen LogP contribution is -2.37. The lowest BCUT2D eigenvalue weighted by Gasteiger charge is -2.29. The van der Waals surface area contributed by atoms with Gasteiger partial charge in [0.1, 0.15) is 0 Å². The first-order valence-corrected chi connectivity index (χ1v) is 6.45. The second-order valence-corrected chi connectivity index (χ2v) is 6.00. The summed E-state index contributed by atoms with van der Waals surface area (Å²) in [4.78, 5) is 9.75. The van der Waals surface area contributed by atoms with Crippen LogP contribution in [0.15, 0.2) is 0 Å². The van der Waals surface area contributed by atoms with Gasteiger partial charge in [-0.3, -0.25) is 14.7 Å². The summed E-state index contributed by atoms with van der Waals surface area (Å²) >= 11 is 0. The molecule has 96 valence electrons. The molecule has 0 fully saturated rings. The molecule has 1 unspecified atom stereocenters. The van der Waals surface area contributed by atoms with Crippen molar-refractivity contribution in [1.82, 2.24) is 0 Å². The maximum Gasteiger partial charge on any atom is 0.368 e. The molecule has 8 heteroatoms. The standard InChI is InChI=1S/C8H18NO6P/c1-4-5-6-8(10,7-9(11)12)16(13,14-2)15-3/h10H,4-7H2,1-3H3. The summed E-state index contributed by atoms with van der Waals surface area (Å²) < 4.78 is 21.3. The number of aliphatic hydroxyl groups is 1. The molecule has 0 aromatic rings. The van der Waals surface area contributed by atoms with Crippen molar-refractivity contribution >= 4 is 7.60 Å². The summed E-state index contributed by atoms with van der Waals surface area (Å²) in [6.45, 7) is 1.00. The highest BCUT2D eigenvalue weighted by Gasteiger charge is 2.52. The maximum absolute atomic E-state index is 12.0. The Morgan fingerprint density at radius 3 is 2.25 bits per heavy atom. The van der Waals surface area contributed by atoms with Crippen molar-refractivity contribution in [2.45, 2.75) is 31.5 Å². The van der Waals surface area contributed by atoms with Crippen molar-refractivity contribution in [2.24, 2.45) is 0 Å². The Kier molecular flexibility index (Phi) is 6.10. The monoisotopic (exact) mass is 255 g/mol. The molecule has 0 aromatic heterocycles. The first kappa shape index (κ1) is 15.5. The van der Waals surface area contributed by atoms with Crippen LogP contribution in [0.1, 0.15) is 26.2 Å². The summed E-state index contributed by atoms with van der Waals surface area (Å²) in [5.74, 6) is 0. The molecule has 0 spiro atoms. The van der Waals surface area contributed by atoms with Crippen molar-refractivity contribution in [3.05, 3.63) is 10.1 Å². The predicted molar refractivity (Wildman–Crippen MR) is 58.0 cm³/mol. The van der Waals surface area contributed by atoms with Crippen molar-refractivity contribution in [3.63, 3.8) is 0 Å². The fourth-order valence-corrected chi connectivity index (χ4v) is 2.93. The van der Waals surface area contributed by atoms with Gasteiger partial charge >= 0.3 is 7.60 Å². The Morgan fingerprint density at radius 1 is 1.44 bits per heavy atom. The zero-order valence-electron chi connectivity index (χ0n) is 9.71. The van der Waals surface area contributed by atoms with E-state index < -0.39 is 24.4 Å². The van der Waals surface area contributed by atoms with E-state index in [-0.39, 0.29) is 6.42 Å². The number of nitrogens with zero attached hydrogens (tertiary/aromatic N) is 1. The molecule has 0 saturated carbocycles. The van der Waals surface area contributed by atoms with Crippen LogP contribution in [0.2, 0.25) is 0 Å². The van der Waals surface area contributed by atoms with Crippen molar-refractivity contribution < 1.29 is 23.6 Å². The molecular weight excluding hydrogens is 237 g/mol. The Balaban J connectivity index is 5.03. The van der Waals surface area contributed by atoms with E-state index in [0.717, 1.165) is 14.2 Å². The molecule has 0 aliphatic rings. The van der Waals surface area contributed by atoms with Gasteiger partial charge in [-0.2, -0.15) is 0 Å². The number of rotatable bonds is 8. The topological polar surface area (TPSA) is 98.9 Å². The summed E-state index contributed by atoms with van der Waals surface area (Å²) in [6.07, 6.45) is 1.22. The first-order valence-electron chi connectivity index (χ1n) is 4.91. The number of nitro groups is 1. The van der Waals surface area contributed by atoms with E-state index in [1.807, 2.05) is 6.92 Å². The number of hydrogen-bond acceptors (Lipinski definition) is 6. The van der Waals surface area contributed by atoms with E-state index in [2.05, 4.69) is 9.05 Å². The molecule has 0 bridgehead atoms.